The SMILES string of the molecule is C/C(=C\c1ccc(CO)o1)CC[C@@H](O)C1=C(COc2ccccc2)C[C@H]2C(=O)N(C3CCCCC3)C(=O)[C@H]2[C@H]1CO. The van der Waals surface area contributed by atoms with Gasteiger partial charge in [-0.3, -0.25) is 14.5 Å². The van der Waals surface area contributed by atoms with Crippen molar-refractivity contribution in [2.75, 3.05) is 13.2 Å². The maximum atomic E-state index is 13.8. The van der Waals surface area contributed by atoms with E-state index in [1.165, 1.54) is 4.90 Å². The standard InChI is InChI=1S/C33H41NO7/c1-21(16-25-13-14-26(18-35)41-25)12-15-29(37)30-22(20-40-24-10-6-3-7-11-24)17-27-31(28(30)19-36)33(39)34(32(27)38)23-8-4-2-5-9-23/h3,6-7,10-11,13-14,16,23,27-29,31,35-37H,2,4-5,8-9,12,15,17-20H2,1H3/b21-16+/t27-,28+,29-,31-/m1/s1. The van der Waals surface area contributed by atoms with E-state index >= 15 is 0 Å². The van der Waals surface area contributed by atoms with Gasteiger partial charge in [-0.2, -0.15) is 0 Å². The summed E-state index contributed by atoms with van der Waals surface area (Å²) >= 11 is 0. The minimum absolute atomic E-state index is 0.0770. The number of furan rings is 1. The van der Waals surface area contributed by atoms with Crippen molar-refractivity contribution in [3.63, 3.8) is 0 Å². The molecule has 0 radical (unpaired) electrons. The van der Waals surface area contributed by atoms with Crippen LogP contribution in [0, 0.1) is 17.8 Å². The van der Waals surface area contributed by atoms with Crippen LogP contribution in [0.15, 0.2) is 63.6 Å². The molecule has 1 saturated carbocycles. The molecule has 4 atom stereocenters. The molecule has 0 spiro atoms. The van der Waals surface area contributed by atoms with Gasteiger partial charge in [0.2, 0.25) is 11.8 Å². The Balaban J connectivity index is 1.40. The van der Waals surface area contributed by atoms with Gasteiger partial charge >= 0.3 is 0 Å². The third-order valence-electron chi connectivity index (χ3n) is 8.91. The lowest BCUT2D eigenvalue weighted by molar-refractivity contribution is -0.143. The van der Waals surface area contributed by atoms with Crippen LogP contribution in [-0.4, -0.2) is 57.4 Å². The first kappa shape index (κ1) is 29.3. The summed E-state index contributed by atoms with van der Waals surface area (Å²) < 4.78 is 11.6. The number of fused-ring (bicyclic) bond motifs is 1. The van der Waals surface area contributed by atoms with E-state index in [9.17, 15) is 24.9 Å². The lowest BCUT2D eigenvalue weighted by Crippen LogP contribution is -2.42. The van der Waals surface area contributed by atoms with Crippen LogP contribution in [0.4, 0.5) is 0 Å². The van der Waals surface area contributed by atoms with Gasteiger partial charge in [0.25, 0.3) is 0 Å². The number of amides is 2. The number of carbonyl (C=O) groups is 2. The van der Waals surface area contributed by atoms with Crippen LogP contribution >= 0.6 is 0 Å². The molecule has 2 heterocycles. The second kappa shape index (κ2) is 13.2. The number of nitrogens with zero attached hydrogens (tertiary/aromatic N) is 1. The topological polar surface area (TPSA) is 120 Å². The summed E-state index contributed by atoms with van der Waals surface area (Å²) in [4.78, 5) is 29.0. The highest BCUT2D eigenvalue weighted by Crippen LogP contribution is 2.47. The first-order valence-electron chi connectivity index (χ1n) is 14.8. The van der Waals surface area contributed by atoms with Crippen LogP contribution in [-0.2, 0) is 16.2 Å². The molecule has 5 rings (SSSR count). The zero-order chi connectivity index (χ0) is 28.9. The van der Waals surface area contributed by atoms with E-state index in [4.69, 9.17) is 9.15 Å². The Labute approximate surface area is 241 Å². The maximum Gasteiger partial charge on any atom is 0.234 e. The molecule has 8 heteroatoms. The van der Waals surface area contributed by atoms with Gasteiger partial charge < -0.3 is 24.5 Å². The van der Waals surface area contributed by atoms with Crippen molar-refractivity contribution in [3.05, 3.63) is 70.7 Å². The Morgan fingerprint density at radius 2 is 1.83 bits per heavy atom. The van der Waals surface area contributed by atoms with E-state index in [1.54, 1.807) is 12.1 Å². The Morgan fingerprint density at radius 1 is 1.07 bits per heavy atom. The number of imide groups is 1. The number of likely N-dealkylation sites (tertiary alicyclic amines) is 1. The van der Waals surface area contributed by atoms with Gasteiger partial charge in [-0.15, -0.1) is 0 Å². The van der Waals surface area contributed by atoms with Crippen molar-refractivity contribution in [2.45, 2.75) is 77.0 Å². The minimum Gasteiger partial charge on any atom is -0.489 e. The number of para-hydroxylation sites is 1. The van der Waals surface area contributed by atoms with E-state index in [0.717, 1.165) is 43.3 Å². The van der Waals surface area contributed by atoms with E-state index in [1.807, 2.05) is 43.3 Å². The summed E-state index contributed by atoms with van der Waals surface area (Å²) in [5.41, 5.74) is 2.40. The number of rotatable bonds is 11. The number of hydrogen-bond donors (Lipinski definition) is 3. The molecule has 3 N–H and O–H groups in total. The quantitative estimate of drug-likeness (QED) is 0.269. The number of aliphatic hydroxyl groups is 3. The zero-order valence-corrected chi connectivity index (χ0v) is 23.7. The van der Waals surface area contributed by atoms with Crippen LogP contribution in [0.1, 0.15) is 69.8 Å². The zero-order valence-electron chi connectivity index (χ0n) is 23.7. The van der Waals surface area contributed by atoms with E-state index < -0.39 is 23.9 Å². The minimum atomic E-state index is -0.915. The van der Waals surface area contributed by atoms with Crippen molar-refractivity contribution in [2.24, 2.45) is 17.8 Å². The Bertz CT molecular complexity index is 1270. The molecule has 1 aromatic carbocycles. The summed E-state index contributed by atoms with van der Waals surface area (Å²) in [5.74, 6) is -0.424. The predicted molar refractivity (Wildman–Crippen MR) is 153 cm³/mol. The van der Waals surface area contributed by atoms with E-state index in [-0.39, 0.29) is 37.7 Å². The number of carbonyl (C=O) groups excluding carboxylic acids is 2. The highest BCUT2D eigenvalue weighted by atomic mass is 16.5. The largest absolute Gasteiger partial charge is 0.489 e. The first-order valence-corrected chi connectivity index (χ1v) is 14.8. The fraction of sp³-hybridized carbons (Fsp3) is 0.515. The van der Waals surface area contributed by atoms with Gasteiger partial charge in [-0.1, -0.05) is 43.0 Å². The summed E-state index contributed by atoms with van der Waals surface area (Å²) in [6, 6.07) is 12.8. The first-order chi connectivity index (χ1) is 19.9. The van der Waals surface area contributed by atoms with Crippen LogP contribution in [0.25, 0.3) is 6.08 Å². The second-order valence-electron chi connectivity index (χ2n) is 11.6. The van der Waals surface area contributed by atoms with Crippen molar-refractivity contribution in [1.29, 1.82) is 0 Å². The Kier molecular flexibility index (Phi) is 9.42. The number of allylic oxidation sites excluding steroid dienone is 1. The summed E-state index contributed by atoms with van der Waals surface area (Å²) in [7, 11) is 0. The van der Waals surface area contributed by atoms with Crippen molar-refractivity contribution >= 4 is 17.9 Å². The van der Waals surface area contributed by atoms with Gasteiger partial charge in [-0.05, 0) is 80.5 Å². The third kappa shape index (κ3) is 6.35. The molecule has 8 nitrogen and oxygen atoms in total. The average molecular weight is 564 g/mol. The van der Waals surface area contributed by atoms with Gasteiger partial charge in [0.05, 0.1) is 24.5 Å². The molecule has 2 amide bonds. The highest BCUT2D eigenvalue weighted by molar-refractivity contribution is 6.06. The second-order valence-corrected chi connectivity index (χ2v) is 11.6. The van der Waals surface area contributed by atoms with Crippen LogP contribution in [0.5, 0.6) is 5.75 Å². The van der Waals surface area contributed by atoms with Gasteiger partial charge in [-0.25, -0.2) is 0 Å². The van der Waals surface area contributed by atoms with Crippen molar-refractivity contribution in [3.8, 4) is 5.75 Å². The van der Waals surface area contributed by atoms with Gasteiger partial charge in [0, 0.05) is 12.0 Å². The Hall–Kier alpha value is -3.20. The number of benzene rings is 1. The number of hydrogen-bond acceptors (Lipinski definition) is 7. The van der Waals surface area contributed by atoms with Gasteiger partial charge in [0.15, 0.2) is 0 Å². The molecular formula is C33H41NO7. The molecule has 2 aliphatic carbocycles. The van der Waals surface area contributed by atoms with Crippen LogP contribution < -0.4 is 4.74 Å². The van der Waals surface area contributed by atoms with E-state index in [0.29, 0.717) is 42.1 Å². The fourth-order valence-corrected chi connectivity index (χ4v) is 6.89. The van der Waals surface area contributed by atoms with Crippen LogP contribution in [0.2, 0.25) is 0 Å². The molecule has 2 fully saturated rings. The smallest absolute Gasteiger partial charge is 0.234 e. The van der Waals surface area contributed by atoms with Gasteiger partial charge in [0.1, 0.15) is 30.5 Å². The maximum absolute atomic E-state index is 13.8. The lowest BCUT2D eigenvalue weighted by Gasteiger charge is -2.36. The highest BCUT2D eigenvalue weighted by Gasteiger charge is 2.56. The molecule has 220 valence electrons. The molecule has 0 unspecified atom stereocenters. The molecule has 1 saturated heterocycles. The lowest BCUT2D eigenvalue weighted by atomic mass is 9.68. The van der Waals surface area contributed by atoms with Crippen molar-refractivity contribution in [1.82, 2.24) is 4.90 Å². The van der Waals surface area contributed by atoms with E-state index in [2.05, 4.69) is 0 Å². The predicted octanol–water partition coefficient (Wildman–Crippen LogP) is 4.64. The number of ether oxygens (including phenoxy) is 1. The molecule has 0 bridgehead atoms. The molecule has 1 aliphatic heterocycles. The molecular weight excluding hydrogens is 522 g/mol. The molecule has 41 heavy (non-hydrogen) atoms. The number of aliphatic hydroxyl groups excluding tert-OH is 3. The monoisotopic (exact) mass is 563 g/mol. The molecule has 2 aromatic rings. The summed E-state index contributed by atoms with van der Waals surface area (Å²) in [6.45, 7) is 1.62. The molecule has 3 aliphatic rings. The third-order valence-corrected chi connectivity index (χ3v) is 8.91. The fourth-order valence-electron chi connectivity index (χ4n) is 6.89. The summed E-state index contributed by atoms with van der Waals surface area (Å²) in [5, 5.41) is 31.5. The Morgan fingerprint density at radius 3 is 2.51 bits per heavy atom. The molecule has 1 aromatic heterocycles. The average Bonchev–Trinajstić information content (AvgIpc) is 3.55. The summed E-state index contributed by atoms with van der Waals surface area (Å²) in [6.07, 6.45) is 7.01. The van der Waals surface area contributed by atoms with Crippen LogP contribution in [0.3, 0.4) is 0 Å². The van der Waals surface area contributed by atoms with Crippen molar-refractivity contribution < 1.29 is 34.1 Å². The normalized spacial score (nSPS) is 24.6.